The van der Waals surface area contributed by atoms with E-state index in [4.69, 9.17) is 21.1 Å². The van der Waals surface area contributed by atoms with Crippen molar-refractivity contribution in [3.8, 4) is 5.75 Å². The van der Waals surface area contributed by atoms with Crippen LogP contribution in [0.1, 0.15) is 63.0 Å². The molecule has 6 N–H and O–H groups in total. The van der Waals surface area contributed by atoms with Crippen LogP contribution in [0.4, 0.5) is 17.1 Å². The number of ketones is 1. The number of carbonyl (C=O) groups is 3. The fraction of sp³-hybridized carbons (Fsp3) is 0.258. The molecule has 11 heteroatoms. The van der Waals surface area contributed by atoms with Crippen LogP contribution in [-0.2, 0) is 10.2 Å². The second-order valence-corrected chi connectivity index (χ2v) is 11.1. The lowest BCUT2D eigenvalue weighted by molar-refractivity contribution is 0.0600. The second-order valence-electron chi connectivity index (χ2n) is 10.5. The third-order valence-electron chi connectivity index (χ3n) is 6.46. The summed E-state index contributed by atoms with van der Waals surface area (Å²) >= 11 is 1.42. The van der Waals surface area contributed by atoms with Crippen molar-refractivity contribution in [3.05, 3.63) is 94.3 Å². The molecule has 0 aromatic heterocycles. The van der Waals surface area contributed by atoms with Gasteiger partial charge in [0.25, 0.3) is 5.91 Å². The molecule has 3 aromatic rings. The molecule has 42 heavy (non-hydrogen) atoms. The molecule has 3 rings (SSSR count). The number of methoxy groups -OCH3 is 2. The maximum absolute atomic E-state index is 13.4. The van der Waals surface area contributed by atoms with Gasteiger partial charge in [0, 0.05) is 23.6 Å². The summed E-state index contributed by atoms with van der Waals surface area (Å²) in [5.74, 6) is 5.32. The molecule has 3 aromatic carbocycles. The van der Waals surface area contributed by atoms with E-state index in [9.17, 15) is 14.4 Å². The maximum atomic E-state index is 13.4. The van der Waals surface area contributed by atoms with Crippen molar-refractivity contribution in [2.75, 3.05) is 35.5 Å². The van der Waals surface area contributed by atoms with Crippen LogP contribution in [0.25, 0.3) is 0 Å². The number of hydrazine groups is 1. The van der Waals surface area contributed by atoms with Crippen LogP contribution < -0.4 is 31.4 Å². The van der Waals surface area contributed by atoms with Gasteiger partial charge in [-0.1, -0.05) is 50.9 Å². The predicted molar refractivity (Wildman–Crippen MR) is 169 cm³/mol. The van der Waals surface area contributed by atoms with Crippen molar-refractivity contribution >= 4 is 46.7 Å². The molecule has 10 nitrogen and oxygen atoms in total. The minimum absolute atomic E-state index is 0.161. The number of hydrogen-bond acceptors (Lipinski definition) is 10. The average Bonchev–Trinajstić information content (AvgIpc) is 2.96. The van der Waals surface area contributed by atoms with E-state index in [1.807, 2.05) is 25.3 Å². The molecule has 222 valence electrons. The number of Topliss-reactive ketones (excluding diaryl/α,β-unsaturated/α-hetero) is 1. The van der Waals surface area contributed by atoms with Crippen LogP contribution in [0.3, 0.4) is 0 Å². The Morgan fingerprint density at radius 2 is 1.62 bits per heavy atom. The van der Waals surface area contributed by atoms with E-state index in [0.29, 0.717) is 22.7 Å². The summed E-state index contributed by atoms with van der Waals surface area (Å²) < 4.78 is 13.6. The SMILES string of the molecule is COC(=O)c1cccc(C(=O)/C(N)=C/N(N)c2cc(C(=O)Nc3cc(C(C)(C)C)cc(NSC)c3OC)ccc2C)c1. The van der Waals surface area contributed by atoms with Gasteiger partial charge in [0.2, 0.25) is 5.78 Å². The Bertz CT molecular complexity index is 1530. The first-order valence-electron chi connectivity index (χ1n) is 13.0. The van der Waals surface area contributed by atoms with Gasteiger partial charge >= 0.3 is 5.97 Å². The Morgan fingerprint density at radius 3 is 2.24 bits per heavy atom. The fourth-order valence-corrected chi connectivity index (χ4v) is 4.51. The van der Waals surface area contributed by atoms with Gasteiger partial charge in [0.05, 0.1) is 42.5 Å². The quantitative estimate of drug-likeness (QED) is 0.0603. The number of anilines is 3. The van der Waals surface area contributed by atoms with Crippen molar-refractivity contribution < 1.29 is 23.9 Å². The smallest absolute Gasteiger partial charge is 0.337 e. The summed E-state index contributed by atoms with van der Waals surface area (Å²) in [4.78, 5) is 38.3. The summed E-state index contributed by atoms with van der Waals surface area (Å²) in [6, 6.07) is 15.0. The molecule has 0 fully saturated rings. The molecule has 0 aliphatic carbocycles. The van der Waals surface area contributed by atoms with E-state index >= 15 is 0 Å². The van der Waals surface area contributed by atoms with E-state index < -0.39 is 11.8 Å². The lowest BCUT2D eigenvalue weighted by Gasteiger charge is -2.24. The molecule has 0 heterocycles. The van der Waals surface area contributed by atoms with Gasteiger partial charge in [-0.15, -0.1) is 0 Å². The van der Waals surface area contributed by atoms with Gasteiger partial charge in [-0.3, -0.25) is 14.6 Å². The van der Waals surface area contributed by atoms with Gasteiger partial charge in [-0.2, -0.15) is 0 Å². The number of amides is 1. The highest BCUT2D eigenvalue weighted by Crippen LogP contribution is 2.39. The summed E-state index contributed by atoms with van der Waals surface area (Å²) in [6.45, 7) is 8.08. The van der Waals surface area contributed by atoms with Gasteiger partial charge in [0.1, 0.15) is 0 Å². The number of aryl methyl sites for hydroxylation is 1. The van der Waals surface area contributed by atoms with Gasteiger partial charge in [-0.05, 0) is 59.9 Å². The monoisotopic (exact) mass is 591 g/mol. The lowest BCUT2D eigenvalue weighted by atomic mass is 9.86. The Hall–Kier alpha value is -4.48. The highest BCUT2D eigenvalue weighted by Gasteiger charge is 2.22. The fourth-order valence-electron chi connectivity index (χ4n) is 4.13. The maximum Gasteiger partial charge on any atom is 0.337 e. The van der Waals surface area contributed by atoms with Crippen molar-refractivity contribution in [2.45, 2.75) is 33.1 Å². The van der Waals surface area contributed by atoms with Gasteiger partial charge in [0.15, 0.2) is 5.75 Å². The van der Waals surface area contributed by atoms with Crippen LogP contribution in [0.15, 0.2) is 66.5 Å². The molecule has 0 saturated heterocycles. The summed E-state index contributed by atoms with van der Waals surface area (Å²) in [7, 11) is 2.81. The number of carbonyl (C=O) groups excluding carboxylic acids is 3. The molecule has 0 spiro atoms. The van der Waals surface area contributed by atoms with Crippen molar-refractivity contribution in [2.24, 2.45) is 11.6 Å². The molecule has 1 amide bonds. The summed E-state index contributed by atoms with van der Waals surface area (Å²) in [5.41, 5.74) is 9.98. The predicted octanol–water partition coefficient (Wildman–Crippen LogP) is 5.39. The van der Waals surface area contributed by atoms with Crippen LogP contribution in [-0.4, -0.2) is 38.1 Å². The average molecular weight is 592 g/mol. The minimum atomic E-state index is -0.571. The zero-order valence-electron chi connectivity index (χ0n) is 24.8. The number of nitrogens with one attached hydrogen (secondary N) is 2. The third kappa shape index (κ3) is 7.42. The zero-order chi connectivity index (χ0) is 31.2. The number of allylic oxidation sites excluding steroid dienone is 1. The van der Waals surface area contributed by atoms with E-state index in [2.05, 4.69) is 30.8 Å². The Morgan fingerprint density at radius 1 is 0.952 bits per heavy atom. The van der Waals surface area contributed by atoms with Crippen molar-refractivity contribution in [1.82, 2.24) is 0 Å². The number of nitrogens with two attached hydrogens (primary N) is 2. The van der Waals surface area contributed by atoms with Crippen LogP contribution in [0.5, 0.6) is 5.75 Å². The number of hydrogen-bond donors (Lipinski definition) is 4. The number of benzene rings is 3. The normalized spacial score (nSPS) is 11.5. The Labute approximate surface area is 250 Å². The molecule has 0 atom stereocenters. The highest BCUT2D eigenvalue weighted by molar-refractivity contribution is 7.99. The molecule has 0 aliphatic heterocycles. The van der Waals surface area contributed by atoms with Crippen molar-refractivity contribution in [1.29, 1.82) is 0 Å². The third-order valence-corrected chi connectivity index (χ3v) is 6.88. The molecule has 0 bridgehead atoms. The van der Waals surface area contributed by atoms with E-state index in [0.717, 1.165) is 16.8 Å². The lowest BCUT2D eigenvalue weighted by Crippen LogP contribution is -2.29. The number of esters is 1. The van der Waals surface area contributed by atoms with Gasteiger partial charge in [-0.25, -0.2) is 10.6 Å². The second kappa shape index (κ2) is 13.5. The first kappa shape index (κ1) is 32.0. The standard InChI is InChI=1S/C31H37N5O5S/c1-18-11-12-20(29(38)34-24-15-22(31(2,3)4)16-25(35-42-7)28(24)40-5)14-26(18)36(33)17-23(32)27(37)19-9-8-10-21(13-19)30(39)41-6/h8-17,35H,32-33H2,1-7H3,(H,34,38)/b23-17-. The van der Waals surface area contributed by atoms with Crippen LogP contribution in [0, 0.1) is 6.92 Å². The molecular weight excluding hydrogens is 554 g/mol. The molecule has 0 saturated carbocycles. The van der Waals surface area contributed by atoms with E-state index in [-0.39, 0.29) is 28.1 Å². The zero-order valence-corrected chi connectivity index (χ0v) is 25.6. The highest BCUT2D eigenvalue weighted by atomic mass is 32.2. The topological polar surface area (TPSA) is 149 Å². The minimum Gasteiger partial charge on any atom is -0.492 e. The van der Waals surface area contributed by atoms with E-state index in [1.54, 1.807) is 31.4 Å². The summed E-state index contributed by atoms with van der Waals surface area (Å²) in [5, 5.41) is 4.16. The van der Waals surface area contributed by atoms with Gasteiger partial charge < -0.3 is 25.2 Å². The molecule has 0 aliphatic rings. The van der Waals surface area contributed by atoms with E-state index in [1.165, 1.54) is 48.5 Å². The largest absolute Gasteiger partial charge is 0.492 e. The number of ether oxygens (including phenoxy) is 2. The number of nitrogens with zero attached hydrogens (tertiary/aromatic N) is 1. The Balaban J connectivity index is 1.91. The first-order valence-corrected chi connectivity index (χ1v) is 14.2. The van der Waals surface area contributed by atoms with Crippen LogP contribution in [0.2, 0.25) is 0 Å². The first-order chi connectivity index (χ1) is 19.8. The summed E-state index contributed by atoms with van der Waals surface area (Å²) in [6.07, 6.45) is 3.18. The Kier molecular flexibility index (Phi) is 10.3. The van der Waals surface area contributed by atoms with Crippen LogP contribution >= 0.6 is 11.9 Å². The molecule has 0 unspecified atom stereocenters. The number of rotatable bonds is 10. The van der Waals surface area contributed by atoms with Crippen molar-refractivity contribution in [3.63, 3.8) is 0 Å². The molecule has 0 radical (unpaired) electrons. The molecular formula is C31H37N5O5S.